The molecule has 4 aliphatic heterocycles. The molecular formula is C24H30N6O2. The number of morpholine rings is 1. The van der Waals surface area contributed by atoms with Gasteiger partial charge in [0.15, 0.2) is 5.75 Å². The molecule has 0 bridgehead atoms. The van der Waals surface area contributed by atoms with E-state index < -0.39 is 0 Å². The van der Waals surface area contributed by atoms with E-state index in [-0.39, 0.29) is 0 Å². The highest BCUT2D eigenvalue weighted by molar-refractivity contribution is 5.74. The smallest absolute Gasteiger partial charge is 0.165 e. The first-order chi connectivity index (χ1) is 15.8. The molecular weight excluding hydrogens is 404 g/mol. The van der Waals surface area contributed by atoms with Gasteiger partial charge in [0.1, 0.15) is 12.4 Å². The zero-order valence-corrected chi connectivity index (χ0v) is 18.3. The predicted octanol–water partition coefficient (Wildman–Crippen LogP) is 2.20. The summed E-state index contributed by atoms with van der Waals surface area (Å²) in [6, 6.07) is 5.04. The van der Waals surface area contributed by atoms with Gasteiger partial charge in [-0.05, 0) is 25.0 Å². The highest BCUT2D eigenvalue weighted by Gasteiger charge is 2.39. The number of anilines is 3. The van der Waals surface area contributed by atoms with Gasteiger partial charge < -0.3 is 25.0 Å². The first kappa shape index (κ1) is 19.1. The summed E-state index contributed by atoms with van der Waals surface area (Å²) in [5.74, 6) is 2.88. The van der Waals surface area contributed by atoms with Crippen molar-refractivity contribution in [2.75, 3.05) is 62.7 Å². The quantitative estimate of drug-likeness (QED) is 0.759. The fourth-order valence-electron chi connectivity index (χ4n) is 5.29. The Kier molecular flexibility index (Phi) is 4.52. The molecule has 0 radical (unpaired) electrons. The fraction of sp³-hybridized carbons (Fsp3) is 0.583. The summed E-state index contributed by atoms with van der Waals surface area (Å²) >= 11 is 0. The Balaban J connectivity index is 1.21. The number of likely N-dealkylation sites (tertiary alicyclic amines) is 1. The molecule has 7 rings (SSSR count). The Morgan fingerprint density at radius 3 is 2.66 bits per heavy atom. The lowest BCUT2D eigenvalue weighted by atomic mass is 9.91. The molecule has 0 amide bonds. The van der Waals surface area contributed by atoms with Gasteiger partial charge in [-0.25, -0.2) is 4.98 Å². The van der Waals surface area contributed by atoms with Gasteiger partial charge in [0.2, 0.25) is 0 Å². The topological polar surface area (TPSA) is 74.8 Å². The average molecular weight is 435 g/mol. The van der Waals surface area contributed by atoms with E-state index in [4.69, 9.17) is 19.4 Å². The Hall–Kier alpha value is -2.42. The van der Waals surface area contributed by atoms with Crippen LogP contribution in [0.15, 0.2) is 18.3 Å². The summed E-state index contributed by atoms with van der Waals surface area (Å²) in [5.41, 5.74) is 5.71. The van der Waals surface area contributed by atoms with Crippen molar-refractivity contribution in [3.63, 3.8) is 0 Å². The SMILES string of the molecule is c1cc(N2CCOCC2)c2c(n1)Nc1cc(C3CN(C4CNC4)C3)nc(C3CC3)c1OC2. The first-order valence-electron chi connectivity index (χ1n) is 12.0. The Morgan fingerprint density at radius 1 is 1.06 bits per heavy atom. The molecule has 5 aliphatic rings. The number of pyridine rings is 2. The summed E-state index contributed by atoms with van der Waals surface area (Å²) in [4.78, 5) is 14.8. The normalized spacial score (nSPS) is 23.8. The molecule has 1 aliphatic carbocycles. The largest absolute Gasteiger partial charge is 0.485 e. The van der Waals surface area contributed by atoms with Crippen molar-refractivity contribution in [2.45, 2.75) is 37.3 Å². The van der Waals surface area contributed by atoms with Crippen molar-refractivity contribution in [3.8, 4) is 5.75 Å². The van der Waals surface area contributed by atoms with Crippen molar-refractivity contribution in [1.29, 1.82) is 0 Å². The molecule has 2 aromatic heterocycles. The number of ether oxygens (including phenoxy) is 2. The number of aromatic nitrogens is 2. The van der Waals surface area contributed by atoms with Crippen molar-refractivity contribution >= 4 is 17.2 Å². The second-order valence-corrected chi connectivity index (χ2v) is 9.72. The van der Waals surface area contributed by atoms with Crippen LogP contribution in [0.25, 0.3) is 0 Å². The zero-order chi connectivity index (χ0) is 21.1. The Bertz CT molecular complexity index is 1030. The molecule has 0 atom stereocenters. The van der Waals surface area contributed by atoms with E-state index in [1.54, 1.807) is 0 Å². The number of fused-ring (bicyclic) bond motifs is 2. The van der Waals surface area contributed by atoms with E-state index in [1.807, 2.05) is 6.20 Å². The van der Waals surface area contributed by atoms with Gasteiger partial charge in [-0.3, -0.25) is 9.88 Å². The molecule has 0 spiro atoms. The minimum Gasteiger partial charge on any atom is -0.485 e. The van der Waals surface area contributed by atoms with E-state index in [0.29, 0.717) is 24.5 Å². The van der Waals surface area contributed by atoms with Crippen molar-refractivity contribution in [2.24, 2.45) is 0 Å². The number of nitrogens with one attached hydrogen (secondary N) is 2. The third kappa shape index (κ3) is 3.24. The zero-order valence-electron chi connectivity index (χ0n) is 18.3. The summed E-state index contributed by atoms with van der Waals surface area (Å²) in [6.07, 6.45) is 4.32. The van der Waals surface area contributed by atoms with Gasteiger partial charge in [0, 0.05) is 74.7 Å². The maximum absolute atomic E-state index is 6.47. The summed E-state index contributed by atoms with van der Waals surface area (Å²) in [7, 11) is 0. The molecule has 168 valence electrons. The molecule has 3 saturated heterocycles. The first-order valence-corrected chi connectivity index (χ1v) is 12.0. The lowest BCUT2D eigenvalue weighted by Crippen LogP contribution is -2.63. The van der Waals surface area contributed by atoms with Crippen LogP contribution in [0.3, 0.4) is 0 Å². The van der Waals surface area contributed by atoms with E-state index in [2.05, 4.69) is 32.6 Å². The van der Waals surface area contributed by atoms with Crippen LogP contribution in [-0.4, -0.2) is 73.4 Å². The number of hydrogen-bond donors (Lipinski definition) is 2. The van der Waals surface area contributed by atoms with Crippen LogP contribution in [-0.2, 0) is 11.3 Å². The molecule has 8 nitrogen and oxygen atoms in total. The lowest BCUT2D eigenvalue weighted by Gasteiger charge is -2.48. The van der Waals surface area contributed by atoms with Gasteiger partial charge in [0.05, 0.1) is 30.2 Å². The predicted molar refractivity (Wildman–Crippen MR) is 122 cm³/mol. The average Bonchev–Trinajstić information content (AvgIpc) is 3.60. The molecule has 0 aromatic carbocycles. The van der Waals surface area contributed by atoms with Crippen LogP contribution in [0.5, 0.6) is 5.75 Å². The van der Waals surface area contributed by atoms with Gasteiger partial charge >= 0.3 is 0 Å². The second kappa shape index (κ2) is 7.57. The van der Waals surface area contributed by atoms with Crippen LogP contribution >= 0.6 is 0 Å². The maximum atomic E-state index is 6.47. The molecule has 2 aromatic rings. The molecule has 2 N–H and O–H groups in total. The summed E-state index contributed by atoms with van der Waals surface area (Å²) < 4.78 is 12.0. The molecule has 1 saturated carbocycles. The minimum atomic E-state index is 0.510. The van der Waals surface area contributed by atoms with Gasteiger partial charge in [0.25, 0.3) is 0 Å². The number of hydrogen-bond acceptors (Lipinski definition) is 8. The molecule has 6 heterocycles. The van der Waals surface area contributed by atoms with E-state index in [0.717, 1.165) is 81.0 Å². The third-order valence-corrected chi connectivity index (χ3v) is 7.58. The van der Waals surface area contributed by atoms with Crippen LogP contribution in [0.1, 0.15) is 41.6 Å². The van der Waals surface area contributed by atoms with Crippen LogP contribution < -0.4 is 20.3 Å². The van der Waals surface area contributed by atoms with Crippen molar-refractivity contribution < 1.29 is 9.47 Å². The summed E-state index contributed by atoms with van der Waals surface area (Å²) in [6.45, 7) is 8.32. The fourth-order valence-corrected chi connectivity index (χ4v) is 5.29. The second-order valence-electron chi connectivity index (χ2n) is 9.72. The van der Waals surface area contributed by atoms with E-state index >= 15 is 0 Å². The Morgan fingerprint density at radius 2 is 1.91 bits per heavy atom. The molecule has 8 heteroatoms. The lowest BCUT2D eigenvalue weighted by molar-refractivity contribution is 0.0598. The number of nitrogens with zero attached hydrogens (tertiary/aromatic N) is 4. The van der Waals surface area contributed by atoms with Crippen LogP contribution in [0.4, 0.5) is 17.2 Å². The minimum absolute atomic E-state index is 0.510. The van der Waals surface area contributed by atoms with E-state index in [1.165, 1.54) is 24.2 Å². The van der Waals surface area contributed by atoms with Gasteiger partial charge in [-0.2, -0.15) is 0 Å². The molecule has 0 unspecified atom stereocenters. The van der Waals surface area contributed by atoms with Crippen molar-refractivity contribution in [1.82, 2.24) is 20.2 Å². The van der Waals surface area contributed by atoms with Crippen LogP contribution in [0.2, 0.25) is 0 Å². The molecule has 4 fully saturated rings. The standard InChI is InChI=1S/C24H30N6O2/c1-2-15(1)22-23-20(9-19(27-22)16-12-30(13-16)17-10-25-11-17)28-24-18(14-32-23)21(3-4-26-24)29-5-7-31-8-6-29/h3-4,9,15-17,25H,1-2,5-8,10-14H2,(H,26,28). The highest BCUT2D eigenvalue weighted by atomic mass is 16.5. The highest BCUT2D eigenvalue weighted by Crippen LogP contribution is 2.49. The van der Waals surface area contributed by atoms with Gasteiger partial charge in [-0.1, -0.05) is 0 Å². The van der Waals surface area contributed by atoms with Crippen molar-refractivity contribution in [3.05, 3.63) is 35.3 Å². The van der Waals surface area contributed by atoms with Crippen LogP contribution in [0, 0.1) is 0 Å². The monoisotopic (exact) mass is 434 g/mol. The van der Waals surface area contributed by atoms with Gasteiger partial charge in [-0.15, -0.1) is 0 Å². The maximum Gasteiger partial charge on any atom is 0.165 e. The Labute approximate surface area is 188 Å². The summed E-state index contributed by atoms with van der Waals surface area (Å²) in [5, 5.41) is 7.03. The van der Waals surface area contributed by atoms with E-state index in [9.17, 15) is 0 Å². The number of rotatable bonds is 4. The third-order valence-electron chi connectivity index (χ3n) is 7.58. The molecule has 32 heavy (non-hydrogen) atoms.